The van der Waals surface area contributed by atoms with Crippen molar-refractivity contribution in [1.82, 2.24) is 9.80 Å². The molecule has 0 bridgehead atoms. The van der Waals surface area contributed by atoms with E-state index in [1.54, 1.807) is 0 Å². The van der Waals surface area contributed by atoms with Gasteiger partial charge in [0.1, 0.15) is 0 Å². The molecule has 1 rings (SSSR count). The van der Waals surface area contributed by atoms with E-state index in [9.17, 15) is 4.79 Å². The van der Waals surface area contributed by atoms with Gasteiger partial charge >= 0.3 is 0 Å². The number of morpholine rings is 1. The van der Waals surface area contributed by atoms with Crippen molar-refractivity contribution in [3.05, 3.63) is 0 Å². The normalized spacial score (nSPS) is 25.4. The van der Waals surface area contributed by atoms with Crippen LogP contribution in [0.25, 0.3) is 0 Å². The maximum atomic E-state index is 12.3. The molecule has 1 aliphatic heterocycles. The van der Waals surface area contributed by atoms with Crippen LogP contribution in [-0.2, 0) is 9.53 Å². The van der Waals surface area contributed by atoms with Gasteiger partial charge in [-0.1, -0.05) is 6.92 Å². The Morgan fingerprint density at radius 1 is 1.40 bits per heavy atom. The van der Waals surface area contributed by atoms with Crippen LogP contribution in [0.15, 0.2) is 0 Å². The van der Waals surface area contributed by atoms with Gasteiger partial charge in [-0.25, -0.2) is 0 Å². The molecule has 20 heavy (non-hydrogen) atoms. The third-order valence-corrected chi connectivity index (χ3v) is 4.25. The molecule has 1 saturated heterocycles. The molecule has 1 aliphatic rings. The lowest BCUT2D eigenvalue weighted by molar-refractivity contribution is -0.134. The summed E-state index contributed by atoms with van der Waals surface area (Å²) in [7, 11) is 0. The summed E-state index contributed by atoms with van der Waals surface area (Å²) in [4.78, 5) is 16.6. The standard InChI is InChI=1S/C15H31N3O2/c1-5-13-11-20-12(4)10-18(13)14(9-16)8-15(19)17(6-2)7-3/h12-14H,5-11,16H2,1-4H3. The van der Waals surface area contributed by atoms with E-state index in [1.807, 2.05) is 18.7 Å². The van der Waals surface area contributed by atoms with Crippen LogP contribution >= 0.6 is 0 Å². The molecule has 1 amide bonds. The zero-order valence-corrected chi connectivity index (χ0v) is 13.5. The molecule has 1 fully saturated rings. The summed E-state index contributed by atoms with van der Waals surface area (Å²) >= 11 is 0. The van der Waals surface area contributed by atoms with Gasteiger partial charge in [0, 0.05) is 44.7 Å². The number of carbonyl (C=O) groups excluding carboxylic acids is 1. The largest absolute Gasteiger partial charge is 0.376 e. The predicted molar refractivity (Wildman–Crippen MR) is 81.6 cm³/mol. The van der Waals surface area contributed by atoms with Crippen molar-refractivity contribution in [1.29, 1.82) is 0 Å². The molecule has 0 spiro atoms. The van der Waals surface area contributed by atoms with Crippen LogP contribution in [0, 0.1) is 0 Å². The van der Waals surface area contributed by atoms with Crippen molar-refractivity contribution in [3.63, 3.8) is 0 Å². The molecule has 5 heteroatoms. The Morgan fingerprint density at radius 2 is 2.05 bits per heavy atom. The fourth-order valence-corrected chi connectivity index (χ4v) is 2.91. The minimum absolute atomic E-state index is 0.124. The molecule has 0 aliphatic carbocycles. The number of hydrogen-bond acceptors (Lipinski definition) is 4. The van der Waals surface area contributed by atoms with Gasteiger partial charge in [-0.3, -0.25) is 9.69 Å². The Labute approximate surface area is 123 Å². The summed E-state index contributed by atoms with van der Waals surface area (Å²) in [5, 5.41) is 0. The third kappa shape index (κ3) is 4.43. The minimum atomic E-state index is 0.124. The SMILES string of the molecule is CCC1COC(C)CN1C(CN)CC(=O)N(CC)CC. The lowest BCUT2D eigenvalue weighted by Gasteiger charge is -2.43. The summed E-state index contributed by atoms with van der Waals surface area (Å²) in [6.07, 6.45) is 1.76. The first-order chi connectivity index (χ1) is 9.57. The molecule has 0 radical (unpaired) electrons. The van der Waals surface area contributed by atoms with E-state index in [0.717, 1.165) is 32.7 Å². The Morgan fingerprint density at radius 3 is 2.55 bits per heavy atom. The molecular formula is C15H31N3O2. The van der Waals surface area contributed by atoms with Crippen LogP contribution in [0.2, 0.25) is 0 Å². The Kier molecular flexibility index (Phi) is 7.48. The first-order valence-corrected chi connectivity index (χ1v) is 7.92. The summed E-state index contributed by atoms with van der Waals surface area (Å²) in [6.45, 7) is 12.0. The quantitative estimate of drug-likeness (QED) is 0.760. The van der Waals surface area contributed by atoms with Crippen molar-refractivity contribution < 1.29 is 9.53 Å². The zero-order valence-electron chi connectivity index (χ0n) is 13.5. The van der Waals surface area contributed by atoms with E-state index in [2.05, 4.69) is 18.7 Å². The average Bonchev–Trinajstić information content (AvgIpc) is 2.46. The average molecular weight is 285 g/mol. The number of carbonyl (C=O) groups is 1. The van der Waals surface area contributed by atoms with Gasteiger partial charge in [0.15, 0.2) is 0 Å². The summed E-state index contributed by atoms with van der Waals surface area (Å²) in [5.74, 6) is 0.208. The molecule has 2 N–H and O–H groups in total. The van der Waals surface area contributed by atoms with Gasteiger partial charge in [-0.2, -0.15) is 0 Å². The highest BCUT2D eigenvalue weighted by molar-refractivity contribution is 5.76. The lowest BCUT2D eigenvalue weighted by Crippen LogP contribution is -2.56. The molecule has 118 valence electrons. The van der Waals surface area contributed by atoms with Gasteiger partial charge in [0.25, 0.3) is 0 Å². The van der Waals surface area contributed by atoms with E-state index in [-0.39, 0.29) is 18.1 Å². The van der Waals surface area contributed by atoms with Gasteiger partial charge in [0.2, 0.25) is 5.91 Å². The first kappa shape index (κ1) is 17.4. The smallest absolute Gasteiger partial charge is 0.224 e. The molecule has 3 atom stereocenters. The van der Waals surface area contributed by atoms with E-state index >= 15 is 0 Å². The molecule has 5 nitrogen and oxygen atoms in total. The second-order valence-corrected chi connectivity index (χ2v) is 5.56. The Bertz CT molecular complexity index is 295. The second kappa shape index (κ2) is 8.60. The van der Waals surface area contributed by atoms with Crippen LogP contribution in [0.1, 0.15) is 40.5 Å². The maximum absolute atomic E-state index is 12.3. The van der Waals surface area contributed by atoms with Crippen LogP contribution in [0.4, 0.5) is 0 Å². The number of amides is 1. The van der Waals surface area contributed by atoms with Gasteiger partial charge in [0.05, 0.1) is 12.7 Å². The second-order valence-electron chi connectivity index (χ2n) is 5.56. The van der Waals surface area contributed by atoms with E-state index in [1.165, 1.54) is 0 Å². The van der Waals surface area contributed by atoms with Crippen LogP contribution in [0.5, 0.6) is 0 Å². The number of ether oxygens (including phenoxy) is 1. The van der Waals surface area contributed by atoms with Crippen molar-refractivity contribution in [2.75, 3.05) is 32.8 Å². The fraction of sp³-hybridized carbons (Fsp3) is 0.933. The van der Waals surface area contributed by atoms with E-state index in [0.29, 0.717) is 19.0 Å². The Balaban J connectivity index is 2.69. The van der Waals surface area contributed by atoms with Gasteiger partial charge in [-0.05, 0) is 27.2 Å². The summed E-state index contributed by atoms with van der Waals surface area (Å²) in [5.41, 5.74) is 5.94. The molecular weight excluding hydrogens is 254 g/mol. The minimum Gasteiger partial charge on any atom is -0.376 e. The molecule has 1 heterocycles. The third-order valence-electron chi connectivity index (χ3n) is 4.25. The maximum Gasteiger partial charge on any atom is 0.224 e. The van der Waals surface area contributed by atoms with E-state index in [4.69, 9.17) is 10.5 Å². The molecule has 0 aromatic rings. The van der Waals surface area contributed by atoms with E-state index < -0.39 is 0 Å². The molecule has 3 unspecified atom stereocenters. The molecule has 0 aromatic heterocycles. The number of rotatable bonds is 7. The monoisotopic (exact) mass is 285 g/mol. The fourth-order valence-electron chi connectivity index (χ4n) is 2.91. The highest BCUT2D eigenvalue weighted by atomic mass is 16.5. The van der Waals surface area contributed by atoms with Gasteiger partial charge in [-0.15, -0.1) is 0 Å². The zero-order chi connectivity index (χ0) is 15.1. The summed E-state index contributed by atoms with van der Waals surface area (Å²) in [6, 6.07) is 0.503. The molecule has 0 aromatic carbocycles. The van der Waals surface area contributed by atoms with Crippen molar-refractivity contribution in [3.8, 4) is 0 Å². The number of nitrogens with zero attached hydrogens (tertiary/aromatic N) is 2. The number of nitrogens with two attached hydrogens (primary N) is 1. The Hall–Kier alpha value is -0.650. The summed E-state index contributed by atoms with van der Waals surface area (Å²) < 4.78 is 5.72. The highest BCUT2D eigenvalue weighted by Gasteiger charge is 2.32. The van der Waals surface area contributed by atoms with Crippen LogP contribution in [-0.4, -0.2) is 66.7 Å². The van der Waals surface area contributed by atoms with Crippen molar-refractivity contribution >= 4 is 5.91 Å². The van der Waals surface area contributed by atoms with Crippen molar-refractivity contribution in [2.24, 2.45) is 5.73 Å². The first-order valence-electron chi connectivity index (χ1n) is 7.92. The molecule has 0 saturated carbocycles. The van der Waals surface area contributed by atoms with Gasteiger partial charge < -0.3 is 15.4 Å². The predicted octanol–water partition coefficient (Wildman–Crippen LogP) is 1.07. The number of hydrogen-bond donors (Lipinski definition) is 1. The van der Waals surface area contributed by atoms with Crippen LogP contribution in [0.3, 0.4) is 0 Å². The topological polar surface area (TPSA) is 58.8 Å². The van der Waals surface area contributed by atoms with Crippen molar-refractivity contribution in [2.45, 2.75) is 58.7 Å². The van der Waals surface area contributed by atoms with Crippen LogP contribution < -0.4 is 5.73 Å². The highest BCUT2D eigenvalue weighted by Crippen LogP contribution is 2.19. The lowest BCUT2D eigenvalue weighted by atomic mass is 10.0.